The van der Waals surface area contributed by atoms with Crippen LogP contribution in [-0.2, 0) is 11.3 Å². The number of aromatic nitrogens is 1. The van der Waals surface area contributed by atoms with Gasteiger partial charge >= 0.3 is 0 Å². The number of hydrogen-bond acceptors (Lipinski definition) is 4. The molecule has 2 fully saturated rings. The Morgan fingerprint density at radius 2 is 2.11 bits per heavy atom. The maximum atomic E-state index is 5.94. The van der Waals surface area contributed by atoms with E-state index in [1.165, 1.54) is 24.8 Å². The summed E-state index contributed by atoms with van der Waals surface area (Å²) in [6, 6.07) is 8.68. The zero-order valence-corrected chi connectivity index (χ0v) is 17.0. The summed E-state index contributed by atoms with van der Waals surface area (Å²) in [4.78, 5) is 8.77. The molecule has 2 aliphatic rings. The van der Waals surface area contributed by atoms with Crippen LogP contribution in [0.2, 0.25) is 0 Å². The topological polar surface area (TPSA) is 71.7 Å². The first-order valence-corrected chi connectivity index (χ1v) is 10.2. The largest absolute Gasteiger partial charge is 0.439 e. The third kappa shape index (κ3) is 3.53. The number of nitrogens with one attached hydrogen (secondary N) is 2. The Balaban J connectivity index is 1.32. The molecule has 2 atom stereocenters. The van der Waals surface area contributed by atoms with Crippen LogP contribution in [0.5, 0.6) is 0 Å². The minimum Gasteiger partial charge on any atom is -0.439 e. The van der Waals surface area contributed by atoms with Gasteiger partial charge in [0.05, 0.1) is 18.8 Å². The van der Waals surface area contributed by atoms with Crippen LogP contribution < -0.4 is 10.6 Å². The van der Waals surface area contributed by atoms with E-state index in [-0.39, 0.29) is 0 Å². The minimum atomic E-state index is 0.301. The van der Waals surface area contributed by atoms with Crippen LogP contribution in [0, 0.1) is 12.3 Å². The van der Waals surface area contributed by atoms with E-state index < -0.39 is 0 Å². The number of benzene rings is 1. The van der Waals surface area contributed by atoms with E-state index in [4.69, 9.17) is 9.15 Å². The first-order valence-electron chi connectivity index (χ1n) is 10.2. The van der Waals surface area contributed by atoms with Crippen LogP contribution >= 0.6 is 0 Å². The van der Waals surface area contributed by atoms with E-state index in [1.807, 2.05) is 0 Å². The van der Waals surface area contributed by atoms with Crippen molar-refractivity contribution in [1.82, 2.24) is 15.6 Å². The molecule has 2 N–H and O–H groups in total. The molecule has 150 valence electrons. The molecule has 2 aromatic rings. The molecule has 6 nitrogen and oxygen atoms in total. The Morgan fingerprint density at radius 1 is 1.32 bits per heavy atom. The Morgan fingerprint density at radius 3 is 2.75 bits per heavy atom. The van der Waals surface area contributed by atoms with Gasteiger partial charge in [-0.1, -0.05) is 36.2 Å². The van der Waals surface area contributed by atoms with Crippen molar-refractivity contribution in [1.29, 1.82) is 0 Å². The maximum Gasteiger partial charge on any atom is 0.214 e. The molecule has 1 aromatic carbocycles. The fourth-order valence-electron chi connectivity index (χ4n) is 4.40. The molecular weight excluding hydrogens is 352 g/mol. The number of oxazole rings is 1. The van der Waals surface area contributed by atoms with Gasteiger partial charge < -0.3 is 19.8 Å². The van der Waals surface area contributed by atoms with Gasteiger partial charge in [-0.15, -0.1) is 0 Å². The van der Waals surface area contributed by atoms with Crippen molar-refractivity contribution < 1.29 is 9.15 Å². The Labute approximate surface area is 166 Å². The van der Waals surface area contributed by atoms with Crippen LogP contribution in [0.25, 0.3) is 11.3 Å². The molecule has 0 aliphatic heterocycles. The van der Waals surface area contributed by atoms with Crippen molar-refractivity contribution in [3.63, 3.8) is 0 Å². The zero-order chi connectivity index (χ0) is 19.6. The third-order valence-corrected chi connectivity index (χ3v) is 6.27. The fraction of sp³-hybridized carbons (Fsp3) is 0.545. The quantitative estimate of drug-likeness (QED) is 0.589. The number of nitrogens with zero attached hydrogens (tertiary/aromatic N) is 2. The second kappa shape index (κ2) is 7.95. The number of aryl methyl sites for hydroxylation is 1. The van der Waals surface area contributed by atoms with Crippen molar-refractivity contribution in [2.24, 2.45) is 10.4 Å². The van der Waals surface area contributed by atoms with E-state index in [0.29, 0.717) is 30.0 Å². The predicted octanol–water partition coefficient (Wildman–Crippen LogP) is 3.66. The van der Waals surface area contributed by atoms with Crippen molar-refractivity contribution in [2.45, 2.75) is 58.2 Å². The van der Waals surface area contributed by atoms with E-state index in [0.717, 1.165) is 30.3 Å². The van der Waals surface area contributed by atoms with Crippen molar-refractivity contribution in [2.75, 3.05) is 13.7 Å². The number of aliphatic imine (C=N–C) groups is 1. The van der Waals surface area contributed by atoms with Gasteiger partial charge in [0.1, 0.15) is 0 Å². The Bertz CT molecular complexity index is 823. The molecule has 2 aliphatic carbocycles. The monoisotopic (exact) mass is 382 g/mol. The summed E-state index contributed by atoms with van der Waals surface area (Å²) in [6.07, 6.45) is 7.00. The number of rotatable bonds is 6. The van der Waals surface area contributed by atoms with Crippen LogP contribution in [-0.4, -0.2) is 36.7 Å². The summed E-state index contributed by atoms with van der Waals surface area (Å²) in [5.74, 6) is 2.23. The van der Waals surface area contributed by atoms with E-state index in [9.17, 15) is 0 Å². The highest BCUT2D eigenvalue weighted by Crippen LogP contribution is 2.57. The van der Waals surface area contributed by atoms with E-state index >= 15 is 0 Å². The zero-order valence-electron chi connectivity index (χ0n) is 17.0. The highest BCUT2D eigenvalue weighted by atomic mass is 16.5. The van der Waals surface area contributed by atoms with Gasteiger partial charge in [0, 0.05) is 30.7 Å². The molecular formula is C22H30N4O2. The molecule has 0 radical (unpaired) electrons. The predicted molar refractivity (Wildman–Crippen MR) is 110 cm³/mol. The molecule has 0 saturated heterocycles. The molecule has 1 heterocycles. The minimum absolute atomic E-state index is 0.301. The third-order valence-electron chi connectivity index (χ3n) is 6.27. The SMILES string of the molecule is CCOC1CC(NC(=NC)NCc2ncc(-c3ccc(C)cc3)o2)C12CCC2. The number of ether oxygens (including phenoxy) is 1. The van der Waals surface area contributed by atoms with E-state index in [1.54, 1.807) is 13.2 Å². The lowest BCUT2D eigenvalue weighted by Crippen LogP contribution is -2.68. The lowest BCUT2D eigenvalue weighted by atomic mass is 9.51. The first kappa shape index (κ1) is 19.0. The average Bonchev–Trinajstić information content (AvgIpc) is 3.11. The maximum absolute atomic E-state index is 5.94. The summed E-state index contributed by atoms with van der Waals surface area (Å²) in [7, 11) is 1.80. The standard InChI is InChI=1S/C22H30N4O2/c1-4-27-19-12-18(22(19)10-5-11-22)26-21(23-3)25-14-20-24-13-17(28-20)16-8-6-15(2)7-9-16/h6-9,13,18-19H,4-5,10-12,14H2,1-3H3,(H2,23,25,26). The summed E-state index contributed by atoms with van der Waals surface area (Å²) >= 11 is 0. The van der Waals surface area contributed by atoms with Gasteiger partial charge in [-0.05, 0) is 33.1 Å². The highest BCUT2D eigenvalue weighted by molar-refractivity contribution is 5.80. The second-order valence-electron chi connectivity index (χ2n) is 7.87. The molecule has 1 spiro atoms. The van der Waals surface area contributed by atoms with Crippen molar-refractivity contribution >= 4 is 5.96 Å². The van der Waals surface area contributed by atoms with Crippen molar-refractivity contribution in [3.8, 4) is 11.3 Å². The first-order chi connectivity index (χ1) is 13.6. The van der Waals surface area contributed by atoms with E-state index in [2.05, 4.69) is 58.7 Å². The molecule has 1 aromatic heterocycles. The van der Waals surface area contributed by atoms with Gasteiger partial charge in [0.25, 0.3) is 0 Å². The number of guanidine groups is 1. The molecule has 2 unspecified atom stereocenters. The number of hydrogen-bond donors (Lipinski definition) is 2. The lowest BCUT2D eigenvalue weighted by molar-refractivity contribution is -0.168. The van der Waals surface area contributed by atoms with Crippen LogP contribution in [0.4, 0.5) is 0 Å². The molecule has 4 rings (SSSR count). The molecule has 6 heteroatoms. The highest BCUT2D eigenvalue weighted by Gasteiger charge is 2.59. The Hall–Kier alpha value is -2.34. The fourth-order valence-corrected chi connectivity index (χ4v) is 4.40. The average molecular weight is 383 g/mol. The summed E-state index contributed by atoms with van der Waals surface area (Å²) in [6.45, 7) is 5.44. The normalized spacial score (nSPS) is 23.2. The van der Waals surface area contributed by atoms with Gasteiger partial charge in [-0.25, -0.2) is 4.98 Å². The molecule has 28 heavy (non-hydrogen) atoms. The smallest absolute Gasteiger partial charge is 0.214 e. The van der Waals surface area contributed by atoms with Crippen LogP contribution in [0.1, 0.15) is 44.1 Å². The van der Waals surface area contributed by atoms with Gasteiger partial charge in [-0.3, -0.25) is 4.99 Å². The van der Waals surface area contributed by atoms with Gasteiger partial charge in [0.15, 0.2) is 11.7 Å². The second-order valence-corrected chi connectivity index (χ2v) is 7.87. The van der Waals surface area contributed by atoms with Crippen LogP contribution in [0.3, 0.4) is 0 Å². The summed E-state index contributed by atoms with van der Waals surface area (Å²) < 4.78 is 11.8. The summed E-state index contributed by atoms with van der Waals surface area (Å²) in [5.41, 5.74) is 2.57. The molecule has 0 amide bonds. The Kier molecular flexibility index (Phi) is 5.40. The lowest BCUT2D eigenvalue weighted by Gasteiger charge is -2.61. The van der Waals surface area contributed by atoms with Gasteiger partial charge in [-0.2, -0.15) is 0 Å². The summed E-state index contributed by atoms with van der Waals surface area (Å²) in [5, 5.41) is 6.92. The molecule has 2 saturated carbocycles. The van der Waals surface area contributed by atoms with Crippen LogP contribution in [0.15, 0.2) is 39.9 Å². The van der Waals surface area contributed by atoms with Gasteiger partial charge in [0.2, 0.25) is 5.89 Å². The molecule has 0 bridgehead atoms. The van der Waals surface area contributed by atoms with Crippen molar-refractivity contribution in [3.05, 3.63) is 41.9 Å².